The number of hydrogen-bond donors (Lipinski definition) is 0. The lowest BCUT2D eigenvalue weighted by atomic mass is 10.2. The minimum atomic E-state index is 0.563. The molecule has 0 bridgehead atoms. The number of rotatable bonds is 2. The first-order chi connectivity index (χ1) is 8.31. The summed E-state index contributed by atoms with van der Waals surface area (Å²) in [6.07, 6.45) is 6.62. The topological polar surface area (TPSA) is 37.6 Å². The molecule has 0 spiro atoms. The lowest BCUT2D eigenvalue weighted by Gasteiger charge is -2.21. The normalized spacial score (nSPS) is 15.7. The van der Waals surface area contributed by atoms with E-state index in [9.17, 15) is 4.79 Å². The number of carbonyl (C=O) groups excluding carboxylic acids is 1. The maximum Gasteiger partial charge on any atom is 0.153 e. The molecule has 2 aromatic rings. The summed E-state index contributed by atoms with van der Waals surface area (Å²) >= 11 is 6.12. The van der Waals surface area contributed by atoms with E-state index in [-0.39, 0.29) is 0 Å². The molecule has 0 aliphatic carbocycles. The number of nitrogens with zero attached hydrogens (tertiary/aromatic N) is 3. The molecule has 1 aliphatic heterocycles. The zero-order valence-electron chi connectivity index (χ0n) is 9.27. The maximum absolute atomic E-state index is 11.2. The molecule has 1 fully saturated rings. The highest BCUT2D eigenvalue weighted by Gasteiger charge is 2.20. The first-order valence-electron chi connectivity index (χ1n) is 5.66. The van der Waals surface area contributed by atoms with Crippen molar-refractivity contribution in [1.29, 1.82) is 0 Å². The standard InChI is InChI=1S/C12H12ClN3O/c13-10-5-9(7-17)12(15-3-1-2-4-15)16-8-14-6-11(10)16/h5-8H,1-4H2. The molecule has 1 saturated heterocycles. The Kier molecular flexibility index (Phi) is 2.52. The van der Waals surface area contributed by atoms with Gasteiger partial charge in [0.1, 0.15) is 12.1 Å². The predicted molar refractivity (Wildman–Crippen MR) is 67.0 cm³/mol. The van der Waals surface area contributed by atoms with E-state index in [1.807, 2.05) is 4.40 Å². The molecular weight excluding hydrogens is 238 g/mol. The summed E-state index contributed by atoms with van der Waals surface area (Å²) in [5.41, 5.74) is 1.47. The molecule has 0 saturated carbocycles. The second-order valence-corrected chi connectivity index (χ2v) is 4.64. The van der Waals surface area contributed by atoms with Crippen LogP contribution < -0.4 is 4.90 Å². The van der Waals surface area contributed by atoms with Crippen LogP contribution in [-0.4, -0.2) is 28.8 Å². The van der Waals surface area contributed by atoms with Crippen molar-refractivity contribution < 1.29 is 4.79 Å². The first-order valence-corrected chi connectivity index (χ1v) is 6.04. The van der Waals surface area contributed by atoms with Gasteiger partial charge in [-0.1, -0.05) is 11.6 Å². The first kappa shape index (κ1) is 10.6. The molecule has 3 heterocycles. The number of carbonyl (C=O) groups is 1. The zero-order chi connectivity index (χ0) is 11.8. The highest BCUT2D eigenvalue weighted by atomic mass is 35.5. The second-order valence-electron chi connectivity index (χ2n) is 4.23. The van der Waals surface area contributed by atoms with Gasteiger partial charge >= 0.3 is 0 Å². The van der Waals surface area contributed by atoms with E-state index in [1.165, 1.54) is 0 Å². The minimum Gasteiger partial charge on any atom is -0.357 e. The van der Waals surface area contributed by atoms with Gasteiger partial charge in [0.25, 0.3) is 0 Å². The fraction of sp³-hybridized carbons (Fsp3) is 0.333. The number of aromatic nitrogens is 2. The van der Waals surface area contributed by atoms with Gasteiger partial charge in [0.05, 0.1) is 22.3 Å². The summed E-state index contributed by atoms with van der Waals surface area (Å²) < 4.78 is 1.90. The van der Waals surface area contributed by atoms with Crippen molar-refractivity contribution in [2.75, 3.05) is 18.0 Å². The third kappa shape index (κ3) is 1.60. The largest absolute Gasteiger partial charge is 0.357 e. The van der Waals surface area contributed by atoms with Crippen LogP contribution >= 0.6 is 11.6 Å². The van der Waals surface area contributed by atoms with Crippen molar-refractivity contribution >= 4 is 29.2 Å². The second kappa shape index (κ2) is 4.04. The SMILES string of the molecule is O=Cc1cc(Cl)c2cncn2c1N1CCCC1. The Morgan fingerprint density at radius 2 is 2.12 bits per heavy atom. The van der Waals surface area contributed by atoms with Gasteiger partial charge in [-0.3, -0.25) is 9.20 Å². The summed E-state index contributed by atoms with van der Waals surface area (Å²) in [4.78, 5) is 17.5. The Bertz CT molecular complexity index is 572. The Morgan fingerprint density at radius 3 is 2.82 bits per heavy atom. The monoisotopic (exact) mass is 249 g/mol. The highest BCUT2D eigenvalue weighted by molar-refractivity contribution is 6.34. The number of halogens is 1. The van der Waals surface area contributed by atoms with Gasteiger partial charge in [-0.15, -0.1) is 0 Å². The average molecular weight is 250 g/mol. The predicted octanol–water partition coefficient (Wildman–Crippen LogP) is 2.40. The van der Waals surface area contributed by atoms with Gasteiger partial charge in [-0.2, -0.15) is 0 Å². The number of imidazole rings is 1. The fourth-order valence-corrected chi connectivity index (χ4v) is 2.66. The van der Waals surface area contributed by atoms with Crippen LogP contribution in [-0.2, 0) is 0 Å². The van der Waals surface area contributed by atoms with Crippen molar-refractivity contribution in [3.63, 3.8) is 0 Å². The van der Waals surface area contributed by atoms with Crippen LogP contribution in [0, 0.1) is 0 Å². The average Bonchev–Trinajstić information content (AvgIpc) is 2.99. The van der Waals surface area contributed by atoms with Crippen LogP contribution in [0.25, 0.3) is 5.52 Å². The molecule has 4 nitrogen and oxygen atoms in total. The molecule has 2 aromatic heterocycles. The summed E-state index contributed by atoms with van der Waals surface area (Å²) in [6.45, 7) is 1.96. The van der Waals surface area contributed by atoms with Gasteiger partial charge in [0.15, 0.2) is 6.29 Å². The van der Waals surface area contributed by atoms with Crippen molar-refractivity contribution in [3.8, 4) is 0 Å². The van der Waals surface area contributed by atoms with Crippen LogP contribution in [0.15, 0.2) is 18.6 Å². The lowest BCUT2D eigenvalue weighted by Crippen LogP contribution is -2.22. The van der Waals surface area contributed by atoms with Gasteiger partial charge < -0.3 is 4.90 Å². The Hall–Kier alpha value is -1.55. The van der Waals surface area contributed by atoms with Crippen LogP contribution in [0.4, 0.5) is 5.82 Å². The zero-order valence-corrected chi connectivity index (χ0v) is 10.0. The molecule has 0 atom stereocenters. The third-order valence-electron chi connectivity index (χ3n) is 3.18. The smallest absolute Gasteiger partial charge is 0.153 e. The number of aldehydes is 1. The minimum absolute atomic E-state index is 0.563. The van der Waals surface area contributed by atoms with Gasteiger partial charge in [0, 0.05) is 13.1 Å². The van der Waals surface area contributed by atoms with E-state index >= 15 is 0 Å². The van der Waals surface area contributed by atoms with Gasteiger partial charge in [-0.25, -0.2) is 4.98 Å². The van der Waals surface area contributed by atoms with Crippen LogP contribution in [0.3, 0.4) is 0 Å². The quantitative estimate of drug-likeness (QED) is 0.767. The van der Waals surface area contributed by atoms with Crippen molar-refractivity contribution in [1.82, 2.24) is 9.38 Å². The van der Waals surface area contributed by atoms with E-state index in [2.05, 4.69) is 9.88 Å². The van der Waals surface area contributed by atoms with Crippen LogP contribution in [0.2, 0.25) is 5.02 Å². The number of anilines is 1. The van der Waals surface area contributed by atoms with Crippen molar-refractivity contribution in [2.45, 2.75) is 12.8 Å². The van der Waals surface area contributed by atoms with E-state index in [0.29, 0.717) is 10.6 Å². The lowest BCUT2D eigenvalue weighted by molar-refractivity contribution is 0.112. The van der Waals surface area contributed by atoms with E-state index in [0.717, 1.165) is 43.6 Å². The number of pyridine rings is 1. The molecule has 17 heavy (non-hydrogen) atoms. The molecular formula is C12H12ClN3O. The molecule has 1 aliphatic rings. The van der Waals surface area contributed by atoms with Gasteiger partial charge in [0.2, 0.25) is 0 Å². The Morgan fingerprint density at radius 1 is 1.35 bits per heavy atom. The van der Waals surface area contributed by atoms with Crippen molar-refractivity contribution in [2.24, 2.45) is 0 Å². The summed E-state index contributed by atoms with van der Waals surface area (Å²) in [5, 5.41) is 0.563. The Labute approximate surface area is 104 Å². The van der Waals surface area contributed by atoms with Crippen LogP contribution in [0.5, 0.6) is 0 Å². The highest BCUT2D eigenvalue weighted by Crippen LogP contribution is 2.29. The summed E-state index contributed by atoms with van der Waals surface area (Å²) in [6, 6.07) is 1.72. The summed E-state index contributed by atoms with van der Waals surface area (Å²) in [7, 11) is 0. The number of fused-ring (bicyclic) bond motifs is 1. The fourth-order valence-electron chi connectivity index (χ4n) is 2.41. The van der Waals surface area contributed by atoms with Gasteiger partial charge in [-0.05, 0) is 18.9 Å². The van der Waals surface area contributed by atoms with Crippen LogP contribution in [0.1, 0.15) is 23.2 Å². The molecule has 0 amide bonds. The summed E-state index contributed by atoms with van der Waals surface area (Å²) in [5.74, 6) is 0.911. The molecule has 0 unspecified atom stereocenters. The number of hydrogen-bond acceptors (Lipinski definition) is 3. The van der Waals surface area contributed by atoms with E-state index in [4.69, 9.17) is 11.6 Å². The van der Waals surface area contributed by atoms with Crippen molar-refractivity contribution in [3.05, 3.63) is 29.2 Å². The third-order valence-corrected chi connectivity index (χ3v) is 3.49. The molecule has 88 valence electrons. The molecule has 3 rings (SSSR count). The molecule has 0 radical (unpaired) electrons. The van der Waals surface area contributed by atoms with E-state index < -0.39 is 0 Å². The maximum atomic E-state index is 11.2. The molecule has 5 heteroatoms. The molecule has 0 aromatic carbocycles. The Balaban J connectivity index is 2.28. The van der Waals surface area contributed by atoms with E-state index in [1.54, 1.807) is 18.6 Å². The molecule has 0 N–H and O–H groups in total.